The summed E-state index contributed by atoms with van der Waals surface area (Å²) >= 11 is 1.28. The van der Waals surface area contributed by atoms with Crippen LogP contribution in [-0.2, 0) is 16.0 Å². The fourth-order valence-corrected chi connectivity index (χ4v) is 3.40. The Morgan fingerprint density at radius 2 is 2.14 bits per heavy atom. The molecule has 0 aliphatic carbocycles. The van der Waals surface area contributed by atoms with E-state index in [1.807, 2.05) is 25.7 Å². The van der Waals surface area contributed by atoms with Crippen molar-refractivity contribution in [1.82, 2.24) is 14.9 Å². The van der Waals surface area contributed by atoms with Crippen LogP contribution < -0.4 is 5.56 Å². The molecule has 0 unspecified atom stereocenters. The standard InChI is InChI=1S/C15H23N3O3S/c1-4-5-12-6-13(19)17-15(16-12)22-9-14(20)18-10(2)7-21-8-11(18)3/h6,10-11H,4-5,7-9H2,1-3H3,(H,16,17,19)/t10-,11-/m1/s1. The Morgan fingerprint density at radius 1 is 1.45 bits per heavy atom. The largest absolute Gasteiger partial charge is 0.377 e. The van der Waals surface area contributed by atoms with Crippen molar-refractivity contribution in [1.29, 1.82) is 0 Å². The third-order valence-corrected chi connectivity index (χ3v) is 4.43. The van der Waals surface area contributed by atoms with Crippen LogP contribution in [0.5, 0.6) is 0 Å². The second-order valence-electron chi connectivity index (χ2n) is 5.62. The molecule has 1 fully saturated rings. The highest BCUT2D eigenvalue weighted by atomic mass is 32.2. The molecule has 22 heavy (non-hydrogen) atoms. The normalized spacial score (nSPS) is 21.9. The maximum atomic E-state index is 12.4. The number of hydrogen-bond acceptors (Lipinski definition) is 5. The maximum absolute atomic E-state index is 12.4. The van der Waals surface area contributed by atoms with Crippen molar-refractivity contribution in [3.63, 3.8) is 0 Å². The number of ether oxygens (including phenoxy) is 1. The van der Waals surface area contributed by atoms with E-state index < -0.39 is 0 Å². The first-order valence-electron chi connectivity index (χ1n) is 7.63. The average Bonchev–Trinajstić information content (AvgIpc) is 2.45. The minimum Gasteiger partial charge on any atom is -0.377 e. The van der Waals surface area contributed by atoms with Crippen molar-refractivity contribution in [2.24, 2.45) is 0 Å². The predicted octanol–water partition coefficient (Wildman–Crippen LogP) is 1.45. The van der Waals surface area contributed by atoms with Crippen molar-refractivity contribution < 1.29 is 9.53 Å². The fraction of sp³-hybridized carbons (Fsp3) is 0.667. The number of morpholine rings is 1. The van der Waals surface area contributed by atoms with Crippen LogP contribution in [0.3, 0.4) is 0 Å². The van der Waals surface area contributed by atoms with Gasteiger partial charge in [-0.15, -0.1) is 0 Å². The molecule has 122 valence electrons. The predicted molar refractivity (Wildman–Crippen MR) is 86.2 cm³/mol. The van der Waals surface area contributed by atoms with E-state index in [0.717, 1.165) is 18.5 Å². The number of carbonyl (C=O) groups is 1. The van der Waals surface area contributed by atoms with E-state index in [1.54, 1.807) is 0 Å². The number of aromatic nitrogens is 2. The molecule has 1 N–H and O–H groups in total. The molecule has 1 aliphatic rings. The van der Waals surface area contributed by atoms with Crippen molar-refractivity contribution in [2.45, 2.75) is 50.9 Å². The number of H-pyrrole nitrogens is 1. The van der Waals surface area contributed by atoms with Gasteiger partial charge in [0.05, 0.1) is 31.1 Å². The van der Waals surface area contributed by atoms with Gasteiger partial charge in [-0.3, -0.25) is 9.59 Å². The Kier molecular flexibility index (Phi) is 6.02. The zero-order chi connectivity index (χ0) is 16.1. The van der Waals surface area contributed by atoms with Gasteiger partial charge in [0, 0.05) is 11.8 Å². The molecule has 1 amide bonds. The number of aromatic amines is 1. The van der Waals surface area contributed by atoms with Crippen LogP contribution in [-0.4, -0.2) is 51.8 Å². The van der Waals surface area contributed by atoms with Crippen LogP contribution in [0, 0.1) is 0 Å². The summed E-state index contributed by atoms with van der Waals surface area (Å²) < 4.78 is 5.44. The lowest BCUT2D eigenvalue weighted by Gasteiger charge is -2.38. The first-order chi connectivity index (χ1) is 10.5. The van der Waals surface area contributed by atoms with E-state index in [1.165, 1.54) is 17.8 Å². The van der Waals surface area contributed by atoms with Gasteiger partial charge in [-0.1, -0.05) is 25.1 Å². The summed E-state index contributed by atoms with van der Waals surface area (Å²) in [7, 11) is 0. The van der Waals surface area contributed by atoms with Crippen molar-refractivity contribution in [2.75, 3.05) is 19.0 Å². The molecule has 0 saturated carbocycles. The van der Waals surface area contributed by atoms with Crippen molar-refractivity contribution in [3.8, 4) is 0 Å². The number of hydrogen-bond donors (Lipinski definition) is 1. The van der Waals surface area contributed by atoms with Gasteiger partial charge in [-0.25, -0.2) is 4.98 Å². The number of aryl methyl sites for hydroxylation is 1. The van der Waals surface area contributed by atoms with Crippen LogP contribution in [0.4, 0.5) is 0 Å². The van der Waals surface area contributed by atoms with Gasteiger partial charge < -0.3 is 14.6 Å². The van der Waals surface area contributed by atoms with Gasteiger partial charge in [0.2, 0.25) is 5.91 Å². The van der Waals surface area contributed by atoms with E-state index in [0.29, 0.717) is 18.4 Å². The summed E-state index contributed by atoms with van der Waals surface area (Å²) in [6, 6.07) is 1.67. The second kappa shape index (κ2) is 7.78. The molecule has 0 bridgehead atoms. The van der Waals surface area contributed by atoms with Gasteiger partial charge in [0.25, 0.3) is 5.56 Å². The van der Waals surface area contributed by atoms with Crippen LogP contribution in [0.1, 0.15) is 32.9 Å². The molecule has 0 spiro atoms. The first kappa shape index (κ1) is 17.0. The molecule has 1 saturated heterocycles. The Bertz CT molecular complexity index is 565. The molecule has 1 aliphatic heterocycles. The monoisotopic (exact) mass is 325 g/mol. The number of thioether (sulfide) groups is 1. The second-order valence-corrected chi connectivity index (χ2v) is 6.58. The van der Waals surface area contributed by atoms with Crippen LogP contribution in [0.15, 0.2) is 16.0 Å². The molecule has 0 aromatic carbocycles. The Labute approximate surface area is 134 Å². The van der Waals surface area contributed by atoms with Gasteiger partial charge in [0.1, 0.15) is 0 Å². The molecule has 2 rings (SSSR count). The molecule has 0 radical (unpaired) electrons. The van der Waals surface area contributed by atoms with E-state index >= 15 is 0 Å². The van der Waals surface area contributed by atoms with Crippen LogP contribution in [0.2, 0.25) is 0 Å². The zero-order valence-electron chi connectivity index (χ0n) is 13.3. The lowest BCUT2D eigenvalue weighted by molar-refractivity contribution is -0.141. The summed E-state index contributed by atoms with van der Waals surface area (Å²) in [6.07, 6.45) is 1.70. The molecular formula is C15H23N3O3S. The number of rotatable bonds is 5. The summed E-state index contributed by atoms with van der Waals surface area (Å²) in [5.74, 6) is 0.324. The number of amides is 1. The fourth-order valence-electron chi connectivity index (χ4n) is 2.64. The molecule has 1 aromatic heterocycles. The van der Waals surface area contributed by atoms with Gasteiger partial charge in [-0.05, 0) is 20.3 Å². The zero-order valence-corrected chi connectivity index (χ0v) is 14.1. The van der Waals surface area contributed by atoms with E-state index in [-0.39, 0.29) is 29.3 Å². The Balaban J connectivity index is 2.00. The van der Waals surface area contributed by atoms with E-state index in [2.05, 4.69) is 9.97 Å². The third-order valence-electron chi connectivity index (χ3n) is 3.57. The highest BCUT2D eigenvalue weighted by Crippen LogP contribution is 2.18. The minimum atomic E-state index is -0.165. The van der Waals surface area contributed by atoms with Crippen molar-refractivity contribution >= 4 is 17.7 Å². The highest BCUT2D eigenvalue weighted by Gasteiger charge is 2.29. The molecule has 2 atom stereocenters. The number of nitrogens with zero attached hydrogens (tertiary/aromatic N) is 2. The van der Waals surface area contributed by atoms with Crippen molar-refractivity contribution in [3.05, 3.63) is 22.1 Å². The van der Waals surface area contributed by atoms with Crippen LogP contribution >= 0.6 is 11.8 Å². The van der Waals surface area contributed by atoms with E-state index in [9.17, 15) is 9.59 Å². The lowest BCUT2D eigenvalue weighted by Crippen LogP contribution is -2.53. The lowest BCUT2D eigenvalue weighted by atomic mass is 10.2. The third kappa shape index (κ3) is 4.33. The van der Waals surface area contributed by atoms with Gasteiger partial charge >= 0.3 is 0 Å². The van der Waals surface area contributed by atoms with Gasteiger partial charge in [0.15, 0.2) is 5.16 Å². The van der Waals surface area contributed by atoms with E-state index in [4.69, 9.17) is 4.74 Å². The van der Waals surface area contributed by atoms with Gasteiger partial charge in [-0.2, -0.15) is 0 Å². The molecule has 2 heterocycles. The average molecular weight is 325 g/mol. The summed E-state index contributed by atoms with van der Waals surface area (Å²) in [5.41, 5.74) is 0.607. The quantitative estimate of drug-likeness (QED) is 0.655. The minimum absolute atomic E-state index is 0.0526. The smallest absolute Gasteiger partial charge is 0.251 e. The highest BCUT2D eigenvalue weighted by molar-refractivity contribution is 7.99. The SMILES string of the molecule is CCCc1cc(=O)[nH]c(SCC(=O)N2[C@H](C)COC[C@H]2C)n1. The molecule has 6 nitrogen and oxygen atoms in total. The van der Waals surface area contributed by atoms with Crippen LogP contribution in [0.25, 0.3) is 0 Å². The maximum Gasteiger partial charge on any atom is 0.251 e. The first-order valence-corrected chi connectivity index (χ1v) is 8.61. The number of nitrogens with one attached hydrogen (secondary N) is 1. The summed E-state index contributed by atoms with van der Waals surface area (Å²) in [4.78, 5) is 33.0. The number of carbonyl (C=O) groups excluding carboxylic acids is 1. The topological polar surface area (TPSA) is 75.3 Å². The molecule has 1 aromatic rings. The molecule has 7 heteroatoms. The molecular weight excluding hydrogens is 302 g/mol. The summed E-state index contributed by atoms with van der Waals surface area (Å²) in [5, 5.41) is 0.512. The Morgan fingerprint density at radius 3 is 2.77 bits per heavy atom. The summed E-state index contributed by atoms with van der Waals surface area (Å²) in [6.45, 7) is 7.16. The Hall–Kier alpha value is -1.34.